The van der Waals surface area contributed by atoms with Crippen LogP contribution in [0.4, 0.5) is 4.39 Å². The van der Waals surface area contributed by atoms with Crippen LogP contribution in [0.1, 0.15) is 25.3 Å². The van der Waals surface area contributed by atoms with Gasteiger partial charge in [0.05, 0.1) is 0 Å². The maximum absolute atomic E-state index is 13.3. The van der Waals surface area contributed by atoms with Crippen molar-refractivity contribution in [2.75, 3.05) is 13.1 Å². The van der Waals surface area contributed by atoms with Gasteiger partial charge in [-0.2, -0.15) is 8.42 Å². The van der Waals surface area contributed by atoms with Gasteiger partial charge in [0, 0.05) is 13.1 Å². The normalized spacial score (nSPS) is 11.7. The molecule has 0 amide bonds. The Labute approximate surface area is 108 Å². The first kappa shape index (κ1) is 15.1. The first-order valence-corrected chi connectivity index (χ1v) is 7.51. The highest BCUT2D eigenvalue weighted by Crippen LogP contribution is 2.09. The highest BCUT2D eigenvalue weighted by molar-refractivity contribution is 7.87. The fourth-order valence-corrected chi connectivity index (χ4v) is 2.48. The van der Waals surface area contributed by atoms with Gasteiger partial charge >= 0.3 is 0 Å². The van der Waals surface area contributed by atoms with E-state index in [-0.39, 0.29) is 5.82 Å². The van der Waals surface area contributed by atoms with Gasteiger partial charge in [-0.15, -0.1) is 0 Å². The van der Waals surface area contributed by atoms with E-state index in [9.17, 15) is 12.8 Å². The summed E-state index contributed by atoms with van der Waals surface area (Å²) in [6.45, 7) is 2.45. The van der Waals surface area contributed by atoms with Gasteiger partial charge < -0.3 is 0 Å². The average molecular weight is 274 g/mol. The third-order valence-corrected chi connectivity index (χ3v) is 3.71. The molecule has 102 valence electrons. The molecule has 0 aliphatic carbocycles. The Bertz CT molecular complexity index is 463. The molecule has 0 saturated carbocycles. The summed E-state index contributed by atoms with van der Waals surface area (Å²) in [4.78, 5) is 0. The number of halogens is 1. The molecule has 0 aromatic heterocycles. The Morgan fingerprint density at radius 1 is 1.17 bits per heavy atom. The van der Waals surface area contributed by atoms with Crippen molar-refractivity contribution < 1.29 is 12.8 Å². The molecular weight excluding hydrogens is 255 g/mol. The summed E-state index contributed by atoms with van der Waals surface area (Å²) in [5, 5.41) is 0. The predicted molar refractivity (Wildman–Crippen MR) is 69.9 cm³/mol. The minimum atomic E-state index is -3.36. The number of hydrogen-bond acceptors (Lipinski definition) is 2. The summed E-state index contributed by atoms with van der Waals surface area (Å²) in [6.07, 6.45) is 2.05. The van der Waals surface area contributed by atoms with Gasteiger partial charge in [0.1, 0.15) is 5.82 Å². The van der Waals surface area contributed by atoms with Crippen molar-refractivity contribution in [2.45, 2.75) is 26.2 Å². The molecule has 0 fully saturated rings. The maximum Gasteiger partial charge on any atom is 0.276 e. The topological polar surface area (TPSA) is 58.2 Å². The minimum absolute atomic E-state index is 0.203. The lowest BCUT2D eigenvalue weighted by molar-refractivity contribution is 0.562. The lowest BCUT2D eigenvalue weighted by atomic mass is 10.1. The lowest BCUT2D eigenvalue weighted by Gasteiger charge is -2.06. The summed E-state index contributed by atoms with van der Waals surface area (Å²) in [5.74, 6) is -0.203. The number of aryl methyl sites for hydroxylation is 1. The quantitative estimate of drug-likeness (QED) is 0.707. The van der Waals surface area contributed by atoms with Gasteiger partial charge in [0.2, 0.25) is 0 Å². The van der Waals surface area contributed by atoms with E-state index in [4.69, 9.17) is 0 Å². The van der Waals surface area contributed by atoms with Crippen molar-refractivity contribution in [1.82, 2.24) is 9.44 Å². The standard InChI is InChI=1S/C12H19FN2O2S/c1-2-14-18(16,17)15-10-6-5-8-11-7-3-4-9-12(11)13/h3-4,7,9,14-15H,2,5-6,8,10H2,1H3. The molecule has 0 spiro atoms. The van der Waals surface area contributed by atoms with Crippen LogP contribution in [0, 0.1) is 5.82 Å². The van der Waals surface area contributed by atoms with E-state index in [1.54, 1.807) is 25.1 Å². The van der Waals surface area contributed by atoms with Crippen LogP contribution in [0.3, 0.4) is 0 Å². The van der Waals surface area contributed by atoms with Gasteiger partial charge in [0.15, 0.2) is 0 Å². The van der Waals surface area contributed by atoms with Crippen molar-refractivity contribution in [1.29, 1.82) is 0 Å². The Balaban J connectivity index is 2.22. The molecule has 4 nitrogen and oxygen atoms in total. The molecule has 1 rings (SSSR count). The second kappa shape index (κ2) is 7.45. The van der Waals surface area contributed by atoms with Crippen molar-refractivity contribution in [3.05, 3.63) is 35.6 Å². The number of benzene rings is 1. The first-order chi connectivity index (χ1) is 8.55. The van der Waals surface area contributed by atoms with Crippen LogP contribution in [0.5, 0.6) is 0 Å². The zero-order valence-electron chi connectivity index (χ0n) is 10.4. The van der Waals surface area contributed by atoms with Crippen LogP contribution in [0.2, 0.25) is 0 Å². The van der Waals surface area contributed by atoms with Crippen LogP contribution < -0.4 is 9.44 Å². The van der Waals surface area contributed by atoms with Gasteiger partial charge in [-0.3, -0.25) is 0 Å². The van der Waals surface area contributed by atoms with Gasteiger partial charge in [-0.1, -0.05) is 25.1 Å². The summed E-state index contributed by atoms with van der Waals surface area (Å²) in [6, 6.07) is 6.64. The molecule has 0 bridgehead atoms. The van der Waals surface area contributed by atoms with E-state index < -0.39 is 10.2 Å². The van der Waals surface area contributed by atoms with E-state index in [1.165, 1.54) is 6.07 Å². The third-order valence-electron chi connectivity index (χ3n) is 2.46. The fourth-order valence-electron chi connectivity index (χ4n) is 1.59. The van der Waals surface area contributed by atoms with Crippen molar-refractivity contribution in [2.24, 2.45) is 0 Å². The molecule has 0 unspecified atom stereocenters. The number of unbranched alkanes of at least 4 members (excludes halogenated alkanes) is 1. The highest BCUT2D eigenvalue weighted by atomic mass is 32.2. The molecule has 0 radical (unpaired) electrons. The van der Waals surface area contributed by atoms with Gasteiger partial charge in [-0.25, -0.2) is 13.8 Å². The second-order valence-electron chi connectivity index (χ2n) is 3.94. The number of hydrogen-bond donors (Lipinski definition) is 2. The summed E-state index contributed by atoms with van der Waals surface area (Å²) in [5.41, 5.74) is 0.673. The Hall–Kier alpha value is -0.980. The summed E-state index contributed by atoms with van der Waals surface area (Å²) in [7, 11) is -3.36. The summed E-state index contributed by atoms with van der Waals surface area (Å²) < 4.78 is 40.5. The first-order valence-electron chi connectivity index (χ1n) is 6.03. The monoisotopic (exact) mass is 274 g/mol. The van der Waals surface area contributed by atoms with Gasteiger partial charge in [-0.05, 0) is 30.9 Å². The molecule has 0 heterocycles. The van der Waals surface area contributed by atoms with Gasteiger partial charge in [0.25, 0.3) is 10.2 Å². The zero-order valence-corrected chi connectivity index (χ0v) is 11.3. The Morgan fingerprint density at radius 3 is 2.56 bits per heavy atom. The van der Waals surface area contributed by atoms with E-state index in [1.807, 2.05) is 0 Å². The summed E-state index contributed by atoms with van der Waals surface area (Å²) >= 11 is 0. The molecule has 2 N–H and O–H groups in total. The number of rotatable bonds is 8. The maximum atomic E-state index is 13.3. The SMILES string of the molecule is CCNS(=O)(=O)NCCCCc1ccccc1F. The Morgan fingerprint density at radius 2 is 1.89 bits per heavy atom. The molecule has 1 aromatic rings. The van der Waals surface area contributed by atoms with Crippen LogP contribution >= 0.6 is 0 Å². The molecule has 0 saturated heterocycles. The number of nitrogens with one attached hydrogen (secondary N) is 2. The van der Waals surface area contributed by atoms with Crippen LogP contribution in [0.15, 0.2) is 24.3 Å². The molecule has 6 heteroatoms. The zero-order chi connectivity index (χ0) is 13.4. The van der Waals surface area contributed by atoms with Crippen molar-refractivity contribution in [3.63, 3.8) is 0 Å². The Kier molecular flexibility index (Phi) is 6.24. The minimum Gasteiger partial charge on any atom is -0.207 e. The molecule has 0 aliphatic heterocycles. The molecule has 0 aliphatic rings. The molecular formula is C12H19FN2O2S. The fraction of sp³-hybridized carbons (Fsp3) is 0.500. The highest BCUT2D eigenvalue weighted by Gasteiger charge is 2.06. The van der Waals surface area contributed by atoms with E-state index in [0.29, 0.717) is 31.5 Å². The largest absolute Gasteiger partial charge is 0.276 e. The molecule has 1 aromatic carbocycles. The molecule has 18 heavy (non-hydrogen) atoms. The lowest BCUT2D eigenvalue weighted by Crippen LogP contribution is -2.36. The van der Waals surface area contributed by atoms with E-state index in [0.717, 1.165) is 6.42 Å². The molecule has 0 atom stereocenters. The second-order valence-corrected chi connectivity index (χ2v) is 5.53. The van der Waals surface area contributed by atoms with E-state index >= 15 is 0 Å². The average Bonchev–Trinajstić information content (AvgIpc) is 2.31. The van der Waals surface area contributed by atoms with Crippen molar-refractivity contribution in [3.8, 4) is 0 Å². The van der Waals surface area contributed by atoms with Crippen molar-refractivity contribution >= 4 is 10.2 Å². The predicted octanol–water partition coefficient (Wildman–Crippen LogP) is 1.59. The van der Waals surface area contributed by atoms with E-state index in [2.05, 4.69) is 9.44 Å². The smallest absolute Gasteiger partial charge is 0.207 e. The van der Waals surface area contributed by atoms with Crippen LogP contribution in [-0.4, -0.2) is 21.5 Å². The van der Waals surface area contributed by atoms with Crippen LogP contribution in [0.25, 0.3) is 0 Å². The van der Waals surface area contributed by atoms with Crippen LogP contribution in [-0.2, 0) is 16.6 Å². The third kappa shape index (κ3) is 5.57.